The highest BCUT2D eigenvalue weighted by atomic mass is 16.4. The molecule has 1 aromatic rings. The summed E-state index contributed by atoms with van der Waals surface area (Å²) in [6, 6.07) is 6.78. The molecule has 1 aliphatic heterocycles. The number of carboxylic acids is 1. The molecule has 1 heterocycles. The van der Waals surface area contributed by atoms with Gasteiger partial charge in [-0.1, -0.05) is 31.2 Å². The number of hydrogen-bond donors (Lipinski definition) is 3. The second kappa shape index (κ2) is 5.84. The van der Waals surface area contributed by atoms with Crippen LogP contribution in [0.1, 0.15) is 24.5 Å². The molecule has 0 fully saturated rings. The molecule has 0 bridgehead atoms. The molecule has 1 aliphatic rings. The molecule has 1 amide bonds. The predicted octanol–water partition coefficient (Wildman–Crippen LogP) is 0.680. The zero-order valence-corrected chi connectivity index (χ0v) is 10.8. The fraction of sp³-hybridized carbons (Fsp3) is 0.429. The molecule has 0 aliphatic carbocycles. The van der Waals surface area contributed by atoms with E-state index in [1.54, 1.807) is 6.92 Å². The lowest BCUT2D eigenvalue weighted by atomic mass is 9.95. The van der Waals surface area contributed by atoms with Gasteiger partial charge in [0.05, 0.1) is 6.04 Å². The summed E-state index contributed by atoms with van der Waals surface area (Å²) in [5.41, 5.74) is 2.33. The van der Waals surface area contributed by atoms with Gasteiger partial charge in [0.25, 0.3) is 0 Å². The molecule has 0 saturated carbocycles. The quantitative estimate of drug-likeness (QED) is 0.745. The van der Waals surface area contributed by atoms with Crippen LogP contribution in [-0.4, -0.2) is 29.1 Å². The Labute approximate surface area is 112 Å². The summed E-state index contributed by atoms with van der Waals surface area (Å²) in [5.74, 6) is -1.24. The summed E-state index contributed by atoms with van der Waals surface area (Å²) in [6.07, 6.45) is 0.975. The van der Waals surface area contributed by atoms with Crippen molar-refractivity contribution in [1.82, 2.24) is 10.6 Å². The Morgan fingerprint density at radius 1 is 1.42 bits per heavy atom. The zero-order valence-electron chi connectivity index (χ0n) is 10.8. The van der Waals surface area contributed by atoms with Crippen LogP contribution < -0.4 is 10.6 Å². The number of amides is 1. The van der Waals surface area contributed by atoms with Gasteiger partial charge in [0.2, 0.25) is 5.91 Å². The number of rotatable bonds is 4. The van der Waals surface area contributed by atoms with E-state index in [-0.39, 0.29) is 11.9 Å². The normalized spacial score (nSPS) is 19.3. The van der Waals surface area contributed by atoms with E-state index in [2.05, 4.69) is 10.6 Å². The Hall–Kier alpha value is -1.88. The van der Waals surface area contributed by atoms with Gasteiger partial charge >= 0.3 is 5.97 Å². The molecule has 1 aromatic carbocycles. The summed E-state index contributed by atoms with van der Waals surface area (Å²) >= 11 is 0. The Morgan fingerprint density at radius 2 is 2.11 bits per heavy atom. The Balaban J connectivity index is 2.01. The molecule has 0 unspecified atom stereocenters. The van der Waals surface area contributed by atoms with Crippen molar-refractivity contribution in [2.24, 2.45) is 0 Å². The van der Waals surface area contributed by atoms with Crippen molar-refractivity contribution in [2.75, 3.05) is 0 Å². The maximum absolute atomic E-state index is 12.0. The van der Waals surface area contributed by atoms with Gasteiger partial charge in [0.15, 0.2) is 0 Å². The van der Waals surface area contributed by atoms with Crippen LogP contribution in [0.2, 0.25) is 0 Å². The highest BCUT2D eigenvalue weighted by Crippen LogP contribution is 2.16. The first-order valence-electron chi connectivity index (χ1n) is 6.45. The minimum atomic E-state index is -0.993. The Morgan fingerprint density at radius 3 is 2.74 bits per heavy atom. The maximum Gasteiger partial charge on any atom is 0.326 e. The second-order valence-electron chi connectivity index (χ2n) is 4.71. The molecule has 2 rings (SSSR count). The molecular weight excluding hydrogens is 244 g/mol. The van der Waals surface area contributed by atoms with E-state index in [0.717, 1.165) is 5.56 Å². The maximum atomic E-state index is 12.0. The van der Waals surface area contributed by atoms with Gasteiger partial charge in [0, 0.05) is 6.54 Å². The molecule has 0 saturated heterocycles. The van der Waals surface area contributed by atoms with Gasteiger partial charge < -0.3 is 15.7 Å². The first-order valence-corrected chi connectivity index (χ1v) is 6.45. The van der Waals surface area contributed by atoms with Crippen LogP contribution in [0.3, 0.4) is 0 Å². The highest BCUT2D eigenvalue weighted by molar-refractivity contribution is 5.87. The average Bonchev–Trinajstić information content (AvgIpc) is 2.43. The van der Waals surface area contributed by atoms with Crippen molar-refractivity contribution in [3.8, 4) is 0 Å². The molecular formula is C14H18N2O3. The lowest BCUT2D eigenvalue weighted by Gasteiger charge is -2.26. The standard InChI is InChI=1S/C14H18N2O3/c1-2-11(14(18)19)16-13(17)12-7-9-5-3-4-6-10(9)8-15-12/h3-6,11-12,15H,2,7-8H2,1H3,(H,16,17)(H,18,19)/t11-,12+/m0/s1. The number of hydrogen-bond acceptors (Lipinski definition) is 3. The van der Waals surface area contributed by atoms with Crippen LogP contribution in [-0.2, 0) is 22.6 Å². The number of aliphatic carboxylic acids is 1. The summed E-state index contributed by atoms with van der Waals surface area (Å²) in [4.78, 5) is 23.0. The molecule has 3 N–H and O–H groups in total. The summed E-state index contributed by atoms with van der Waals surface area (Å²) in [6.45, 7) is 2.38. The molecule has 2 atom stereocenters. The second-order valence-corrected chi connectivity index (χ2v) is 4.71. The predicted molar refractivity (Wildman–Crippen MR) is 70.6 cm³/mol. The molecule has 5 nitrogen and oxygen atoms in total. The van der Waals surface area contributed by atoms with E-state index >= 15 is 0 Å². The number of carbonyl (C=O) groups excluding carboxylic acids is 1. The summed E-state index contributed by atoms with van der Waals surface area (Å²) < 4.78 is 0. The van der Waals surface area contributed by atoms with Crippen LogP contribution >= 0.6 is 0 Å². The van der Waals surface area contributed by atoms with Crippen LogP contribution in [0.25, 0.3) is 0 Å². The molecule has 5 heteroatoms. The third-order valence-corrected chi connectivity index (χ3v) is 3.42. The number of nitrogens with one attached hydrogen (secondary N) is 2. The topological polar surface area (TPSA) is 78.4 Å². The van der Waals surface area contributed by atoms with Crippen LogP contribution in [0, 0.1) is 0 Å². The Kier molecular flexibility index (Phi) is 4.16. The van der Waals surface area contributed by atoms with Gasteiger partial charge in [0.1, 0.15) is 6.04 Å². The smallest absolute Gasteiger partial charge is 0.326 e. The fourth-order valence-electron chi connectivity index (χ4n) is 2.25. The van der Waals surface area contributed by atoms with E-state index in [1.807, 2.05) is 24.3 Å². The van der Waals surface area contributed by atoms with Crippen LogP contribution in [0.5, 0.6) is 0 Å². The number of carbonyl (C=O) groups is 2. The van der Waals surface area contributed by atoms with Crippen molar-refractivity contribution < 1.29 is 14.7 Å². The summed E-state index contributed by atoms with van der Waals surface area (Å²) in [5, 5.41) is 14.6. The molecule has 0 spiro atoms. The number of benzene rings is 1. The van der Waals surface area contributed by atoms with Crippen molar-refractivity contribution in [3.05, 3.63) is 35.4 Å². The van der Waals surface area contributed by atoms with Crippen LogP contribution in [0.15, 0.2) is 24.3 Å². The molecule has 19 heavy (non-hydrogen) atoms. The first-order chi connectivity index (χ1) is 9.11. The van der Waals surface area contributed by atoms with Crippen molar-refractivity contribution >= 4 is 11.9 Å². The highest BCUT2D eigenvalue weighted by Gasteiger charge is 2.27. The van der Waals surface area contributed by atoms with Gasteiger partial charge in [-0.2, -0.15) is 0 Å². The van der Waals surface area contributed by atoms with E-state index in [9.17, 15) is 9.59 Å². The van der Waals surface area contributed by atoms with E-state index in [1.165, 1.54) is 5.56 Å². The van der Waals surface area contributed by atoms with Crippen molar-refractivity contribution in [1.29, 1.82) is 0 Å². The first kappa shape index (κ1) is 13.5. The van der Waals surface area contributed by atoms with E-state index < -0.39 is 12.0 Å². The largest absolute Gasteiger partial charge is 0.480 e. The average molecular weight is 262 g/mol. The van der Waals surface area contributed by atoms with Crippen molar-refractivity contribution in [2.45, 2.75) is 38.4 Å². The van der Waals surface area contributed by atoms with Gasteiger partial charge in [-0.25, -0.2) is 4.79 Å². The third-order valence-electron chi connectivity index (χ3n) is 3.42. The zero-order chi connectivity index (χ0) is 13.8. The summed E-state index contributed by atoms with van der Waals surface area (Å²) in [7, 11) is 0. The number of carboxylic acid groups (broad SMARTS) is 1. The monoisotopic (exact) mass is 262 g/mol. The van der Waals surface area contributed by atoms with Crippen molar-refractivity contribution in [3.63, 3.8) is 0 Å². The lowest BCUT2D eigenvalue weighted by molar-refractivity contribution is -0.142. The molecule has 102 valence electrons. The van der Waals surface area contributed by atoms with Gasteiger partial charge in [-0.15, -0.1) is 0 Å². The van der Waals surface area contributed by atoms with Gasteiger partial charge in [-0.05, 0) is 24.0 Å². The van der Waals surface area contributed by atoms with Gasteiger partial charge in [-0.3, -0.25) is 4.79 Å². The lowest BCUT2D eigenvalue weighted by Crippen LogP contribution is -2.52. The Bertz CT molecular complexity index is 487. The SMILES string of the molecule is CC[C@H](NC(=O)[C@H]1Cc2ccccc2CN1)C(=O)O. The minimum absolute atomic E-state index is 0.247. The van der Waals surface area contributed by atoms with E-state index in [0.29, 0.717) is 19.4 Å². The molecule has 0 radical (unpaired) electrons. The third kappa shape index (κ3) is 3.12. The fourth-order valence-corrected chi connectivity index (χ4v) is 2.25. The van der Waals surface area contributed by atoms with E-state index in [4.69, 9.17) is 5.11 Å². The molecule has 0 aromatic heterocycles. The number of fused-ring (bicyclic) bond motifs is 1. The van der Waals surface area contributed by atoms with Crippen LogP contribution in [0.4, 0.5) is 0 Å². The minimum Gasteiger partial charge on any atom is -0.480 e.